The zero-order valence-electron chi connectivity index (χ0n) is 14.3. The Balaban J connectivity index is 1.72. The van der Waals surface area contributed by atoms with E-state index in [1.54, 1.807) is 18.2 Å². The van der Waals surface area contributed by atoms with Crippen molar-refractivity contribution >= 4 is 5.91 Å². The molecule has 3 rings (SSSR count). The molecule has 3 aromatic carbocycles. The number of ether oxygens (including phenoxy) is 1. The molecule has 0 heterocycles. The van der Waals surface area contributed by atoms with Crippen LogP contribution >= 0.6 is 0 Å². The Morgan fingerprint density at radius 3 is 2.19 bits per heavy atom. The molecule has 4 nitrogen and oxygen atoms in total. The van der Waals surface area contributed by atoms with Crippen molar-refractivity contribution in [2.24, 2.45) is 0 Å². The molecule has 4 heteroatoms. The average Bonchev–Trinajstić information content (AvgIpc) is 2.69. The Labute approximate surface area is 153 Å². The van der Waals surface area contributed by atoms with E-state index in [4.69, 9.17) is 4.74 Å². The summed E-state index contributed by atoms with van der Waals surface area (Å²) in [6.45, 7) is -0.137. The minimum atomic E-state index is -0.366. The quantitative estimate of drug-likeness (QED) is 0.683. The lowest BCUT2D eigenvalue weighted by molar-refractivity contribution is 0.0914. The predicted molar refractivity (Wildman–Crippen MR) is 101 cm³/mol. The first-order chi connectivity index (χ1) is 12.8. The first-order valence-corrected chi connectivity index (χ1v) is 8.54. The van der Waals surface area contributed by atoms with Crippen molar-refractivity contribution in [3.8, 4) is 11.5 Å². The molecular formula is C22H21NO3. The maximum atomic E-state index is 12.7. The van der Waals surface area contributed by atoms with Crippen LogP contribution in [-0.2, 0) is 6.42 Å². The van der Waals surface area contributed by atoms with Gasteiger partial charge >= 0.3 is 0 Å². The van der Waals surface area contributed by atoms with Gasteiger partial charge in [0, 0.05) is 0 Å². The van der Waals surface area contributed by atoms with Crippen LogP contribution in [0.5, 0.6) is 11.5 Å². The van der Waals surface area contributed by atoms with Crippen LogP contribution in [0.25, 0.3) is 0 Å². The van der Waals surface area contributed by atoms with Gasteiger partial charge in [0.15, 0.2) is 0 Å². The van der Waals surface area contributed by atoms with Gasteiger partial charge in [-0.1, -0.05) is 60.7 Å². The molecule has 0 aromatic heterocycles. The summed E-state index contributed by atoms with van der Waals surface area (Å²) in [6.07, 6.45) is 0.560. The molecule has 0 saturated carbocycles. The fourth-order valence-electron chi connectivity index (χ4n) is 2.68. The maximum Gasteiger partial charge on any atom is 0.255 e. The van der Waals surface area contributed by atoms with Crippen molar-refractivity contribution in [1.29, 1.82) is 0 Å². The molecule has 2 N–H and O–H groups in total. The van der Waals surface area contributed by atoms with Crippen LogP contribution < -0.4 is 10.1 Å². The highest BCUT2D eigenvalue weighted by atomic mass is 16.5. The normalized spacial score (nSPS) is 11.6. The minimum Gasteiger partial charge on any atom is -0.457 e. The lowest BCUT2D eigenvalue weighted by atomic mass is 10.1. The van der Waals surface area contributed by atoms with Crippen LogP contribution in [0.1, 0.15) is 15.9 Å². The highest BCUT2D eigenvalue weighted by Crippen LogP contribution is 2.25. The number of amides is 1. The van der Waals surface area contributed by atoms with Crippen LogP contribution in [0, 0.1) is 0 Å². The molecule has 0 aliphatic heterocycles. The fraction of sp³-hybridized carbons (Fsp3) is 0.136. The van der Waals surface area contributed by atoms with Gasteiger partial charge in [-0.3, -0.25) is 4.79 Å². The van der Waals surface area contributed by atoms with Gasteiger partial charge in [-0.25, -0.2) is 0 Å². The third kappa shape index (κ3) is 4.71. The molecule has 0 radical (unpaired) electrons. The van der Waals surface area contributed by atoms with E-state index in [2.05, 4.69) is 5.32 Å². The molecule has 1 amide bonds. The number of carbonyl (C=O) groups excluding carboxylic acids is 1. The van der Waals surface area contributed by atoms with Crippen LogP contribution in [0.2, 0.25) is 0 Å². The van der Waals surface area contributed by atoms with Crippen LogP contribution in [0.4, 0.5) is 0 Å². The van der Waals surface area contributed by atoms with E-state index in [0.29, 0.717) is 23.5 Å². The van der Waals surface area contributed by atoms with Crippen molar-refractivity contribution in [3.05, 3.63) is 96.1 Å². The van der Waals surface area contributed by atoms with Crippen molar-refractivity contribution in [1.82, 2.24) is 5.32 Å². The number of hydrogen-bond acceptors (Lipinski definition) is 3. The summed E-state index contributed by atoms with van der Waals surface area (Å²) in [5.74, 6) is 0.870. The van der Waals surface area contributed by atoms with E-state index >= 15 is 0 Å². The summed E-state index contributed by atoms with van der Waals surface area (Å²) in [6, 6.07) is 25.8. The number of rotatable bonds is 7. The Morgan fingerprint density at radius 2 is 1.50 bits per heavy atom. The summed E-state index contributed by atoms with van der Waals surface area (Å²) in [7, 11) is 0. The molecule has 1 atom stereocenters. The zero-order chi connectivity index (χ0) is 18.2. The molecule has 0 saturated heterocycles. The smallest absolute Gasteiger partial charge is 0.255 e. The third-order valence-electron chi connectivity index (χ3n) is 3.98. The number of nitrogens with one attached hydrogen (secondary N) is 1. The number of benzene rings is 3. The van der Waals surface area contributed by atoms with E-state index in [0.717, 1.165) is 5.56 Å². The zero-order valence-corrected chi connectivity index (χ0v) is 14.3. The molecule has 1 unspecified atom stereocenters. The number of para-hydroxylation sites is 2. The third-order valence-corrected chi connectivity index (χ3v) is 3.98. The lowest BCUT2D eigenvalue weighted by Crippen LogP contribution is -2.39. The van der Waals surface area contributed by atoms with Gasteiger partial charge in [-0.05, 0) is 36.2 Å². The standard InChI is InChI=1S/C22H21NO3/c24-16-18(15-17-9-3-1-4-10-17)23-22(25)20-13-7-8-14-21(20)26-19-11-5-2-6-12-19/h1-14,18,24H,15-16H2,(H,23,25). The van der Waals surface area contributed by atoms with Gasteiger partial charge < -0.3 is 15.2 Å². The van der Waals surface area contributed by atoms with Crippen molar-refractivity contribution in [3.63, 3.8) is 0 Å². The molecular weight excluding hydrogens is 326 g/mol. The van der Waals surface area contributed by atoms with Gasteiger partial charge in [0.1, 0.15) is 11.5 Å². The first-order valence-electron chi connectivity index (χ1n) is 8.54. The second-order valence-electron chi connectivity index (χ2n) is 5.95. The van der Waals surface area contributed by atoms with Crippen molar-refractivity contribution < 1.29 is 14.6 Å². The van der Waals surface area contributed by atoms with Gasteiger partial charge in [0.25, 0.3) is 5.91 Å². The lowest BCUT2D eigenvalue weighted by Gasteiger charge is -2.18. The van der Waals surface area contributed by atoms with E-state index in [-0.39, 0.29) is 18.6 Å². The van der Waals surface area contributed by atoms with E-state index < -0.39 is 0 Å². The summed E-state index contributed by atoms with van der Waals surface area (Å²) in [5, 5.41) is 12.5. The van der Waals surface area contributed by atoms with Crippen molar-refractivity contribution in [2.45, 2.75) is 12.5 Å². The van der Waals surface area contributed by atoms with Gasteiger partial charge in [0.2, 0.25) is 0 Å². The Hall–Kier alpha value is -3.11. The molecule has 0 aliphatic rings. The summed E-state index contributed by atoms with van der Waals surface area (Å²) in [4.78, 5) is 12.7. The molecule has 26 heavy (non-hydrogen) atoms. The van der Waals surface area contributed by atoms with Crippen LogP contribution in [0.3, 0.4) is 0 Å². The highest BCUT2D eigenvalue weighted by Gasteiger charge is 2.17. The predicted octanol–water partition coefficient (Wildman–Crippen LogP) is 3.81. The molecule has 3 aromatic rings. The molecule has 0 spiro atoms. The fourth-order valence-corrected chi connectivity index (χ4v) is 2.68. The maximum absolute atomic E-state index is 12.7. The number of hydrogen-bond donors (Lipinski definition) is 2. The molecule has 0 aliphatic carbocycles. The molecule has 0 fully saturated rings. The van der Waals surface area contributed by atoms with Gasteiger partial charge in [0.05, 0.1) is 18.2 Å². The first kappa shape index (κ1) is 17.7. The second-order valence-corrected chi connectivity index (χ2v) is 5.95. The number of aliphatic hydroxyl groups excluding tert-OH is 1. The summed E-state index contributed by atoms with van der Waals surface area (Å²) < 4.78 is 5.84. The topological polar surface area (TPSA) is 58.6 Å². The summed E-state index contributed by atoms with van der Waals surface area (Å²) >= 11 is 0. The van der Waals surface area contributed by atoms with Crippen LogP contribution in [-0.4, -0.2) is 23.7 Å². The number of aliphatic hydroxyl groups is 1. The molecule has 132 valence electrons. The van der Waals surface area contributed by atoms with E-state index in [1.807, 2.05) is 66.7 Å². The second kappa shape index (κ2) is 8.83. The monoisotopic (exact) mass is 347 g/mol. The Morgan fingerprint density at radius 1 is 0.885 bits per heavy atom. The Bertz CT molecular complexity index is 834. The Kier molecular flexibility index (Phi) is 6.01. The van der Waals surface area contributed by atoms with E-state index in [9.17, 15) is 9.90 Å². The van der Waals surface area contributed by atoms with Gasteiger partial charge in [-0.2, -0.15) is 0 Å². The summed E-state index contributed by atoms with van der Waals surface area (Å²) in [5.41, 5.74) is 1.49. The van der Waals surface area contributed by atoms with Crippen LogP contribution in [0.15, 0.2) is 84.9 Å². The highest BCUT2D eigenvalue weighted by molar-refractivity contribution is 5.97. The van der Waals surface area contributed by atoms with Crippen molar-refractivity contribution in [2.75, 3.05) is 6.61 Å². The largest absolute Gasteiger partial charge is 0.457 e. The van der Waals surface area contributed by atoms with Gasteiger partial charge in [-0.15, -0.1) is 0 Å². The molecule has 0 bridgehead atoms. The average molecular weight is 347 g/mol. The van der Waals surface area contributed by atoms with E-state index in [1.165, 1.54) is 0 Å². The minimum absolute atomic E-state index is 0.137. The SMILES string of the molecule is O=C(NC(CO)Cc1ccccc1)c1ccccc1Oc1ccccc1. The number of carbonyl (C=O) groups is 1.